The quantitative estimate of drug-likeness (QED) is 0.834. The smallest absolute Gasteiger partial charge is 0.321 e. The predicted octanol–water partition coefficient (Wildman–Crippen LogP) is 3.05. The van der Waals surface area contributed by atoms with E-state index in [1.54, 1.807) is 18.0 Å². The fourth-order valence-corrected chi connectivity index (χ4v) is 5.95. The molecule has 1 aromatic carbocycles. The fraction of sp³-hybridized carbons (Fsp3) is 0.619. The second-order valence-electron chi connectivity index (χ2n) is 9.00. The van der Waals surface area contributed by atoms with E-state index in [1.165, 1.54) is 31.4 Å². The average Bonchev–Trinajstić information content (AvgIpc) is 2.52. The van der Waals surface area contributed by atoms with Gasteiger partial charge in [0.05, 0.1) is 6.54 Å². The lowest BCUT2D eigenvalue weighted by Gasteiger charge is -2.56. The van der Waals surface area contributed by atoms with Gasteiger partial charge in [0, 0.05) is 12.1 Å². The van der Waals surface area contributed by atoms with Crippen LogP contribution in [0.5, 0.6) is 0 Å². The maximum absolute atomic E-state index is 13.3. The minimum atomic E-state index is -0.374. The second-order valence-corrected chi connectivity index (χ2v) is 9.00. The Hall–Kier alpha value is -1.95. The number of benzene rings is 1. The zero-order chi connectivity index (χ0) is 19.0. The van der Waals surface area contributed by atoms with Gasteiger partial charge >= 0.3 is 6.03 Å². The van der Waals surface area contributed by atoms with Crippen molar-refractivity contribution in [2.45, 2.75) is 50.6 Å². The van der Waals surface area contributed by atoms with Gasteiger partial charge in [-0.25, -0.2) is 9.18 Å². The Balaban J connectivity index is 1.26. The Morgan fingerprint density at radius 2 is 1.78 bits per heavy atom. The summed E-state index contributed by atoms with van der Waals surface area (Å²) in [6, 6.07) is 5.94. The van der Waals surface area contributed by atoms with Crippen molar-refractivity contribution in [3.63, 3.8) is 0 Å². The molecule has 0 unspecified atom stereocenters. The third kappa shape index (κ3) is 4.32. The van der Waals surface area contributed by atoms with Crippen LogP contribution >= 0.6 is 0 Å². The molecule has 0 radical (unpaired) electrons. The van der Waals surface area contributed by atoms with Crippen LogP contribution in [-0.4, -0.2) is 36.0 Å². The lowest BCUT2D eigenvalue weighted by molar-refractivity contribution is -0.121. The van der Waals surface area contributed by atoms with Crippen LogP contribution in [0.25, 0.3) is 0 Å². The maximum atomic E-state index is 13.3. The van der Waals surface area contributed by atoms with Crippen LogP contribution in [0, 0.1) is 23.6 Å². The molecule has 27 heavy (non-hydrogen) atoms. The molecule has 4 bridgehead atoms. The minimum absolute atomic E-state index is 0.0881. The van der Waals surface area contributed by atoms with Gasteiger partial charge < -0.3 is 5.32 Å². The molecule has 4 aliphatic rings. The number of carbonyl (C=O) groups excluding carboxylic acids is 2. The molecule has 2 N–H and O–H groups in total. The van der Waals surface area contributed by atoms with E-state index in [0.717, 1.165) is 42.6 Å². The van der Waals surface area contributed by atoms with Gasteiger partial charge in [-0.2, -0.15) is 0 Å². The van der Waals surface area contributed by atoms with Crippen LogP contribution in [0.1, 0.15) is 44.1 Å². The zero-order valence-electron chi connectivity index (χ0n) is 15.8. The van der Waals surface area contributed by atoms with Gasteiger partial charge in [0.1, 0.15) is 5.82 Å². The van der Waals surface area contributed by atoms with Crippen molar-refractivity contribution in [3.05, 3.63) is 35.6 Å². The van der Waals surface area contributed by atoms with Gasteiger partial charge in [-0.1, -0.05) is 12.1 Å². The molecule has 5 nitrogen and oxygen atoms in total. The number of likely N-dealkylation sites (N-methyl/N-ethyl adjacent to an activating group) is 1. The first-order chi connectivity index (χ1) is 12.9. The number of nitrogens with zero attached hydrogens (tertiary/aromatic N) is 1. The summed E-state index contributed by atoms with van der Waals surface area (Å²) in [7, 11) is 1.78. The Labute approximate surface area is 159 Å². The van der Waals surface area contributed by atoms with Gasteiger partial charge in [-0.3, -0.25) is 15.0 Å². The molecule has 0 saturated heterocycles. The Bertz CT molecular complexity index is 701. The molecule has 0 aliphatic heterocycles. The number of nitrogens with one attached hydrogen (secondary N) is 2. The Morgan fingerprint density at radius 1 is 1.15 bits per heavy atom. The summed E-state index contributed by atoms with van der Waals surface area (Å²) in [5.74, 6) is 1.59. The van der Waals surface area contributed by atoms with Crippen molar-refractivity contribution < 1.29 is 14.0 Å². The van der Waals surface area contributed by atoms with E-state index in [4.69, 9.17) is 0 Å². The largest absolute Gasteiger partial charge is 0.332 e. The van der Waals surface area contributed by atoms with Crippen molar-refractivity contribution in [2.24, 2.45) is 17.8 Å². The number of rotatable bonds is 5. The molecular formula is C21H28FN3O2. The van der Waals surface area contributed by atoms with E-state index in [2.05, 4.69) is 10.6 Å². The van der Waals surface area contributed by atoms with Crippen molar-refractivity contribution in [3.8, 4) is 0 Å². The van der Waals surface area contributed by atoms with E-state index in [-0.39, 0.29) is 29.8 Å². The first-order valence-electron chi connectivity index (χ1n) is 9.94. The first kappa shape index (κ1) is 18.4. The zero-order valence-corrected chi connectivity index (χ0v) is 15.8. The summed E-state index contributed by atoms with van der Waals surface area (Å²) < 4.78 is 13.3. The molecule has 0 spiro atoms. The van der Waals surface area contributed by atoms with Crippen LogP contribution in [0.4, 0.5) is 9.18 Å². The SMILES string of the molecule is CN(CC(=O)NC(=O)NC12CC3CC(CC(C3)C1)C2)Cc1cccc(F)c1. The third-order valence-corrected chi connectivity index (χ3v) is 6.42. The van der Waals surface area contributed by atoms with E-state index in [0.29, 0.717) is 6.54 Å². The minimum Gasteiger partial charge on any atom is -0.332 e. The average molecular weight is 373 g/mol. The lowest BCUT2D eigenvalue weighted by Crippen LogP contribution is -2.62. The van der Waals surface area contributed by atoms with Crippen LogP contribution in [0.15, 0.2) is 24.3 Å². The normalized spacial score (nSPS) is 31.1. The third-order valence-electron chi connectivity index (χ3n) is 6.42. The monoisotopic (exact) mass is 373 g/mol. The predicted molar refractivity (Wildman–Crippen MR) is 100 cm³/mol. The molecule has 0 aromatic heterocycles. The van der Waals surface area contributed by atoms with Gasteiger partial charge in [-0.15, -0.1) is 0 Å². The van der Waals surface area contributed by atoms with Gasteiger partial charge in [0.2, 0.25) is 5.91 Å². The van der Waals surface area contributed by atoms with Gasteiger partial charge in [0.25, 0.3) is 0 Å². The molecule has 4 aliphatic carbocycles. The van der Waals surface area contributed by atoms with E-state index in [1.807, 2.05) is 6.07 Å². The highest BCUT2D eigenvalue weighted by atomic mass is 19.1. The van der Waals surface area contributed by atoms with Gasteiger partial charge in [0.15, 0.2) is 0 Å². The fourth-order valence-electron chi connectivity index (χ4n) is 5.95. The van der Waals surface area contributed by atoms with Crippen LogP contribution in [-0.2, 0) is 11.3 Å². The molecule has 0 heterocycles. The van der Waals surface area contributed by atoms with E-state index < -0.39 is 0 Å². The lowest BCUT2D eigenvalue weighted by atomic mass is 9.53. The van der Waals surface area contributed by atoms with Crippen molar-refractivity contribution >= 4 is 11.9 Å². The van der Waals surface area contributed by atoms with Crippen LogP contribution < -0.4 is 10.6 Å². The highest BCUT2D eigenvalue weighted by molar-refractivity contribution is 5.95. The number of hydrogen-bond donors (Lipinski definition) is 2. The van der Waals surface area contributed by atoms with Crippen molar-refractivity contribution in [2.75, 3.05) is 13.6 Å². The molecule has 146 valence electrons. The molecule has 6 heteroatoms. The number of imide groups is 1. The summed E-state index contributed by atoms with van der Waals surface area (Å²) in [5.41, 5.74) is 0.690. The molecule has 4 fully saturated rings. The van der Waals surface area contributed by atoms with Crippen molar-refractivity contribution in [1.29, 1.82) is 0 Å². The summed E-state index contributed by atoms with van der Waals surface area (Å²) in [6.07, 6.45) is 7.10. The maximum Gasteiger partial charge on any atom is 0.321 e. The molecular weight excluding hydrogens is 345 g/mol. The number of urea groups is 1. The highest BCUT2D eigenvalue weighted by Crippen LogP contribution is 2.55. The summed E-state index contributed by atoms with van der Waals surface area (Å²) in [6.45, 7) is 0.534. The Kier molecular flexibility index (Phi) is 4.93. The van der Waals surface area contributed by atoms with E-state index in [9.17, 15) is 14.0 Å². The summed E-state index contributed by atoms with van der Waals surface area (Å²) in [4.78, 5) is 26.4. The standard InChI is InChI=1S/C21H28FN3O2/c1-25(12-14-3-2-4-18(22)8-14)13-19(26)23-20(27)24-21-9-15-5-16(10-21)7-17(6-15)11-21/h2-4,8,15-17H,5-7,9-13H2,1H3,(H2,23,24,26,27). The number of carbonyl (C=O) groups is 2. The number of amides is 3. The first-order valence-corrected chi connectivity index (χ1v) is 9.94. The molecule has 4 saturated carbocycles. The molecule has 1 aromatic rings. The van der Waals surface area contributed by atoms with Crippen molar-refractivity contribution in [1.82, 2.24) is 15.5 Å². The molecule has 0 atom stereocenters. The Morgan fingerprint density at radius 3 is 2.37 bits per heavy atom. The summed E-state index contributed by atoms with van der Waals surface area (Å²) >= 11 is 0. The molecule has 3 amide bonds. The molecule has 5 rings (SSSR count). The van der Waals surface area contributed by atoms with E-state index >= 15 is 0 Å². The topological polar surface area (TPSA) is 61.4 Å². The number of halogens is 1. The highest BCUT2D eigenvalue weighted by Gasteiger charge is 2.51. The van der Waals surface area contributed by atoms with Crippen LogP contribution in [0.2, 0.25) is 0 Å². The number of hydrogen-bond acceptors (Lipinski definition) is 3. The van der Waals surface area contributed by atoms with Crippen LogP contribution in [0.3, 0.4) is 0 Å². The second kappa shape index (κ2) is 7.23. The van der Waals surface area contributed by atoms with Gasteiger partial charge in [-0.05, 0) is 81.0 Å². The summed E-state index contributed by atoms with van der Waals surface area (Å²) in [5, 5.41) is 5.63.